The first-order valence-electron chi connectivity index (χ1n) is 7.75. The van der Waals surface area contributed by atoms with E-state index in [1.165, 1.54) is 0 Å². The standard InChI is InChI=1S/C16H21FN2O3/c17-7-4-15(20)19-11-16(12-19)13(6-10-22-16)5-9-21-14-3-1-2-8-18-14/h1-3,8,13H,4-7,9-12H2/t13-/m0/s1. The van der Waals surface area contributed by atoms with E-state index in [0.29, 0.717) is 31.5 Å². The molecule has 2 fully saturated rings. The lowest BCUT2D eigenvalue weighted by molar-refractivity contribution is -0.166. The molecule has 0 bridgehead atoms. The van der Waals surface area contributed by atoms with Gasteiger partial charge in [-0.1, -0.05) is 6.07 Å². The maximum atomic E-state index is 12.2. The summed E-state index contributed by atoms with van der Waals surface area (Å²) in [4.78, 5) is 17.5. The number of aromatic nitrogens is 1. The van der Waals surface area contributed by atoms with Gasteiger partial charge < -0.3 is 14.4 Å². The van der Waals surface area contributed by atoms with E-state index in [2.05, 4.69) is 4.98 Å². The number of hydrogen-bond donors (Lipinski definition) is 0. The molecule has 22 heavy (non-hydrogen) atoms. The van der Waals surface area contributed by atoms with E-state index in [0.717, 1.165) is 19.4 Å². The van der Waals surface area contributed by atoms with Crippen molar-refractivity contribution in [1.82, 2.24) is 9.88 Å². The Hall–Kier alpha value is -1.69. The van der Waals surface area contributed by atoms with Crippen molar-refractivity contribution in [3.8, 4) is 5.88 Å². The summed E-state index contributed by atoms with van der Waals surface area (Å²) in [5.41, 5.74) is -0.237. The lowest BCUT2D eigenvalue weighted by atomic mass is 9.79. The van der Waals surface area contributed by atoms with Crippen molar-refractivity contribution < 1.29 is 18.7 Å². The third kappa shape index (κ3) is 3.06. The molecule has 0 aromatic carbocycles. The molecular weight excluding hydrogens is 287 g/mol. The van der Waals surface area contributed by atoms with Gasteiger partial charge in [-0.2, -0.15) is 0 Å². The summed E-state index contributed by atoms with van der Waals surface area (Å²) in [5.74, 6) is 0.890. The quantitative estimate of drug-likeness (QED) is 0.804. The molecule has 6 heteroatoms. The Bertz CT molecular complexity index is 505. The second kappa shape index (κ2) is 6.60. The molecule has 0 aliphatic carbocycles. The summed E-state index contributed by atoms with van der Waals surface area (Å²) in [6.07, 6.45) is 3.54. The molecule has 3 rings (SSSR count). The van der Waals surface area contributed by atoms with Crippen molar-refractivity contribution in [3.05, 3.63) is 24.4 Å². The fourth-order valence-corrected chi connectivity index (χ4v) is 3.30. The largest absolute Gasteiger partial charge is 0.478 e. The molecule has 0 saturated carbocycles. The normalized spacial score (nSPS) is 22.6. The second-order valence-electron chi connectivity index (χ2n) is 5.89. The van der Waals surface area contributed by atoms with E-state index < -0.39 is 6.67 Å². The Morgan fingerprint density at radius 1 is 1.50 bits per heavy atom. The zero-order valence-corrected chi connectivity index (χ0v) is 12.5. The lowest BCUT2D eigenvalue weighted by Gasteiger charge is -2.50. The van der Waals surface area contributed by atoms with Crippen LogP contribution in [-0.2, 0) is 9.53 Å². The minimum absolute atomic E-state index is 0.0243. The number of pyridine rings is 1. The van der Waals surface area contributed by atoms with Crippen molar-refractivity contribution in [1.29, 1.82) is 0 Å². The molecule has 0 N–H and O–H groups in total. The van der Waals surface area contributed by atoms with Crippen molar-refractivity contribution in [3.63, 3.8) is 0 Å². The number of carbonyl (C=O) groups is 1. The first-order chi connectivity index (χ1) is 10.7. The summed E-state index contributed by atoms with van der Waals surface area (Å²) < 4.78 is 23.8. The summed E-state index contributed by atoms with van der Waals surface area (Å²) in [7, 11) is 0. The molecule has 1 spiro atoms. The van der Waals surface area contributed by atoms with E-state index >= 15 is 0 Å². The Kier molecular flexibility index (Phi) is 4.57. The highest BCUT2D eigenvalue weighted by Gasteiger charge is 2.53. The molecule has 2 aliphatic heterocycles. The van der Waals surface area contributed by atoms with Gasteiger partial charge in [-0.3, -0.25) is 9.18 Å². The molecule has 1 aromatic heterocycles. The molecule has 1 aromatic rings. The van der Waals surface area contributed by atoms with Crippen LogP contribution in [0, 0.1) is 5.92 Å². The number of ether oxygens (including phenoxy) is 2. The van der Waals surface area contributed by atoms with Gasteiger partial charge in [0.2, 0.25) is 11.8 Å². The van der Waals surface area contributed by atoms with Crippen LogP contribution in [0.15, 0.2) is 24.4 Å². The SMILES string of the molecule is O=C(CCF)N1CC2(C1)OCC[C@@H]2CCOc1ccccn1. The van der Waals surface area contributed by atoms with Gasteiger partial charge in [0.25, 0.3) is 0 Å². The van der Waals surface area contributed by atoms with Crippen LogP contribution in [0.3, 0.4) is 0 Å². The monoisotopic (exact) mass is 308 g/mol. The average molecular weight is 308 g/mol. The Morgan fingerprint density at radius 2 is 2.36 bits per heavy atom. The Labute approximate surface area is 129 Å². The molecule has 2 aliphatic rings. The van der Waals surface area contributed by atoms with E-state index in [4.69, 9.17) is 9.47 Å². The van der Waals surface area contributed by atoms with Crippen LogP contribution in [0.4, 0.5) is 4.39 Å². The van der Waals surface area contributed by atoms with Crippen LogP contribution in [0.2, 0.25) is 0 Å². The number of likely N-dealkylation sites (tertiary alicyclic amines) is 1. The fraction of sp³-hybridized carbons (Fsp3) is 0.625. The smallest absolute Gasteiger partial charge is 0.225 e. The first kappa shape index (κ1) is 15.2. The fourth-order valence-electron chi connectivity index (χ4n) is 3.30. The van der Waals surface area contributed by atoms with Gasteiger partial charge in [0.1, 0.15) is 5.60 Å². The number of carbonyl (C=O) groups excluding carboxylic acids is 1. The number of hydrogen-bond acceptors (Lipinski definition) is 4. The maximum Gasteiger partial charge on any atom is 0.225 e. The summed E-state index contributed by atoms with van der Waals surface area (Å²) in [6.45, 7) is 1.88. The van der Waals surface area contributed by atoms with Gasteiger partial charge in [-0.15, -0.1) is 0 Å². The molecule has 1 amide bonds. The minimum Gasteiger partial charge on any atom is -0.478 e. The summed E-state index contributed by atoms with van der Waals surface area (Å²) in [6, 6.07) is 5.58. The average Bonchev–Trinajstić information content (AvgIpc) is 2.91. The van der Waals surface area contributed by atoms with Crippen LogP contribution in [0.25, 0.3) is 0 Å². The van der Waals surface area contributed by atoms with E-state index in [1.54, 1.807) is 11.1 Å². The van der Waals surface area contributed by atoms with Crippen molar-refractivity contribution >= 4 is 5.91 Å². The highest BCUT2D eigenvalue weighted by atomic mass is 19.1. The van der Waals surface area contributed by atoms with Crippen LogP contribution in [0.1, 0.15) is 19.3 Å². The van der Waals surface area contributed by atoms with E-state index in [1.807, 2.05) is 18.2 Å². The van der Waals surface area contributed by atoms with Gasteiger partial charge in [0.15, 0.2) is 0 Å². The van der Waals surface area contributed by atoms with Crippen LogP contribution in [0.5, 0.6) is 5.88 Å². The number of amides is 1. The zero-order valence-electron chi connectivity index (χ0n) is 12.5. The zero-order chi connectivity index (χ0) is 15.4. The second-order valence-corrected chi connectivity index (χ2v) is 5.89. The predicted octanol–water partition coefficient (Wildman–Crippen LogP) is 1.83. The molecule has 3 heterocycles. The number of rotatable bonds is 6. The molecular formula is C16H21FN2O3. The topological polar surface area (TPSA) is 51.7 Å². The maximum absolute atomic E-state index is 12.2. The molecule has 1 atom stereocenters. The minimum atomic E-state index is -0.593. The van der Waals surface area contributed by atoms with Gasteiger partial charge in [-0.25, -0.2) is 4.98 Å². The molecule has 5 nitrogen and oxygen atoms in total. The molecule has 0 unspecified atom stereocenters. The van der Waals surface area contributed by atoms with Gasteiger partial charge in [-0.05, 0) is 24.8 Å². The van der Waals surface area contributed by atoms with Crippen molar-refractivity contribution in [2.75, 3.05) is 33.0 Å². The van der Waals surface area contributed by atoms with E-state index in [9.17, 15) is 9.18 Å². The predicted molar refractivity (Wildman–Crippen MR) is 78.3 cm³/mol. The molecule has 0 radical (unpaired) electrons. The molecule has 120 valence electrons. The van der Waals surface area contributed by atoms with E-state index in [-0.39, 0.29) is 17.9 Å². The summed E-state index contributed by atoms with van der Waals surface area (Å²) in [5, 5.41) is 0. The Morgan fingerprint density at radius 3 is 3.09 bits per heavy atom. The molecule has 2 saturated heterocycles. The van der Waals surface area contributed by atoms with Gasteiger partial charge in [0, 0.05) is 18.9 Å². The Balaban J connectivity index is 1.47. The highest BCUT2D eigenvalue weighted by molar-refractivity contribution is 5.77. The number of halogens is 1. The highest BCUT2D eigenvalue weighted by Crippen LogP contribution is 2.41. The van der Waals surface area contributed by atoms with Gasteiger partial charge in [0.05, 0.1) is 32.8 Å². The van der Waals surface area contributed by atoms with Crippen LogP contribution in [-0.4, -0.2) is 54.4 Å². The number of alkyl halides is 1. The summed E-state index contributed by atoms with van der Waals surface area (Å²) >= 11 is 0. The van der Waals surface area contributed by atoms with Gasteiger partial charge >= 0.3 is 0 Å². The third-order valence-corrected chi connectivity index (χ3v) is 4.53. The first-order valence-corrected chi connectivity index (χ1v) is 7.75. The van der Waals surface area contributed by atoms with Crippen molar-refractivity contribution in [2.45, 2.75) is 24.9 Å². The van der Waals surface area contributed by atoms with Crippen molar-refractivity contribution in [2.24, 2.45) is 5.92 Å². The lowest BCUT2D eigenvalue weighted by Crippen LogP contribution is -2.66. The third-order valence-electron chi connectivity index (χ3n) is 4.53. The number of nitrogens with zero attached hydrogens (tertiary/aromatic N) is 2. The van der Waals surface area contributed by atoms with Crippen LogP contribution >= 0.6 is 0 Å². The van der Waals surface area contributed by atoms with Crippen LogP contribution < -0.4 is 4.74 Å².